The van der Waals surface area contributed by atoms with Gasteiger partial charge in [-0.05, 0) is 25.7 Å². The fourth-order valence-corrected chi connectivity index (χ4v) is 4.00. The third kappa shape index (κ3) is 3.97. The Morgan fingerprint density at radius 1 is 1.14 bits per heavy atom. The van der Waals surface area contributed by atoms with E-state index in [4.69, 9.17) is 4.74 Å². The largest absolute Gasteiger partial charge is 0.445 e. The SMILES string of the molecule is FC(F)(F)c1nnc(CN(CC2CCCO2)C2CCCC2)s1. The summed E-state index contributed by atoms with van der Waals surface area (Å²) in [5.74, 6) is 0. The van der Waals surface area contributed by atoms with Gasteiger partial charge in [-0.3, -0.25) is 4.90 Å². The molecule has 1 aromatic rings. The van der Waals surface area contributed by atoms with Crippen LogP contribution in [0.3, 0.4) is 0 Å². The Morgan fingerprint density at radius 3 is 2.50 bits per heavy atom. The van der Waals surface area contributed by atoms with E-state index in [1.165, 1.54) is 12.8 Å². The summed E-state index contributed by atoms with van der Waals surface area (Å²) < 4.78 is 43.6. The van der Waals surface area contributed by atoms with Crippen molar-refractivity contribution in [1.82, 2.24) is 15.1 Å². The summed E-state index contributed by atoms with van der Waals surface area (Å²) >= 11 is 0.655. The molecule has 1 aliphatic carbocycles. The van der Waals surface area contributed by atoms with E-state index in [-0.39, 0.29) is 6.10 Å². The summed E-state index contributed by atoms with van der Waals surface area (Å²) in [6.07, 6.45) is 2.51. The zero-order chi connectivity index (χ0) is 15.6. The average Bonchev–Trinajstić information content (AvgIpc) is 3.20. The second-order valence-corrected chi connectivity index (χ2v) is 7.06. The van der Waals surface area contributed by atoms with Crippen molar-refractivity contribution in [2.75, 3.05) is 13.2 Å². The molecule has 124 valence electrons. The van der Waals surface area contributed by atoms with E-state index in [0.29, 0.717) is 28.9 Å². The first-order valence-electron chi connectivity index (χ1n) is 7.77. The Labute approximate surface area is 131 Å². The zero-order valence-electron chi connectivity index (χ0n) is 12.3. The van der Waals surface area contributed by atoms with E-state index < -0.39 is 11.2 Å². The van der Waals surface area contributed by atoms with Crippen LogP contribution >= 0.6 is 11.3 Å². The third-order valence-corrected chi connectivity index (χ3v) is 5.30. The van der Waals surface area contributed by atoms with Gasteiger partial charge >= 0.3 is 6.18 Å². The molecule has 8 heteroatoms. The maximum Gasteiger partial charge on any atom is 0.445 e. The first-order valence-corrected chi connectivity index (χ1v) is 8.59. The number of hydrogen-bond donors (Lipinski definition) is 0. The highest BCUT2D eigenvalue weighted by Gasteiger charge is 2.36. The fraction of sp³-hybridized carbons (Fsp3) is 0.857. The lowest BCUT2D eigenvalue weighted by molar-refractivity contribution is -0.138. The molecular formula is C14H20F3N3OS. The molecule has 2 fully saturated rings. The highest BCUT2D eigenvalue weighted by molar-refractivity contribution is 7.11. The fourth-order valence-electron chi connectivity index (χ4n) is 3.27. The first-order chi connectivity index (χ1) is 10.5. The van der Waals surface area contributed by atoms with Crippen LogP contribution in [-0.2, 0) is 17.5 Å². The van der Waals surface area contributed by atoms with Gasteiger partial charge in [-0.15, -0.1) is 10.2 Å². The lowest BCUT2D eigenvalue weighted by Gasteiger charge is -2.29. The topological polar surface area (TPSA) is 38.2 Å². The number of aromatic nitrogens is 2. The smallest absolute Gasteiger partial charge is 0.377 e. The van der Waals surface area contributed by atoms with E-state index in [1.54, 1.807) is 0 Å². The Bertz CT molecular complexity index is 482. The van der Waals surface area contributed by atoms with Gasteiger partial charge in [0, 0.05) is 19.2 Å². The van der Waals surface area contributed by atoms with Crippen LogP contribution in [0.15, 0.2) is 0 Å². The molecule has 1 unspecified atom stereocenters. The van der Waals surface area contributed by atoms with E-state index in [9.17, 15) is 13.2 Å². The molecule has 4 nitrogen and oxygen atoms in total. The first kappa shape index (κ1) is 16.1. The summed E-state index contributed by atoms with van der Waals surface area (Å²) in [5, 5.41) is 6.61. The molecule has 3 rings (SSSR count). The van der Waals surface area contributed by atoms with E-state index in [0.717, 1.165) is 38.8 Å². The van der Waals surface area contributed by atoms with Crippen LogP contribution in [0.4, 0.5) is 13.2 Å². The van der Waals surface area contributed by atoms with E-state index >= 15 is 0 Å². The molecule has 0 bridgehead atoms. The number of halogens is 3. The number of rotatable bonds is 5. The van der Waals surface area contributed by atoms with Crippen molar-refractivity contribution < 1.29 is 17.9 Å². The van der Waals surface area contributed by atoms with Crippen LogP contribution in [0.2, 0.25) is 0 Å². The molecule has 22 heavy (non-hydrogen) atoms. The molecule has 0 spiro atoms. The Balaban J connectivity index is 1.67. The van der Waals surface area contributed by atoms with Gasteiger partial charge in [0.15, 0.2) is 0 Å². The summed E-state index contributed by atoms with van der Waals surface area (Å²) in [5.41, 5.74) is 0. The molecule has 0 N–H and O–H groups in total. The molecule has 1 saturated carbocycles. The lowest BCUT2D eigenvalue weighted by Crippen LogP contribution is -2.38. The van der Waals surface area contributed by atoms with Crippen molar-refractivity contribution in [3.8, 4) is 0 Å². The standard InChI is InChI=1S/C14H20F3N3OS/c15-14(16,17)13-19-18-12(22-13)9-20(10-4-1-2-5-10)8-11-6-3-7-21-11/h10-11H,1-9H2. The minimum Gasteiger partial charge on any atom is -0.377 e. The van der Waals surface area contributed by atoms with Crippen LogP contribution in [0.5, 0.6) is 0 Å². The molecule has 0 aromatic carbocycles. The molecular weight excluding hydrogens is 315 g/mol. The zero-order valence-corrected chi connectivity index (χ0v) is 13.1. The highest BCUT2D eigenvalue weighted by atomic mass is 32.1. The lowest BCUT2D eigenvalue weighted by atomic mass is 10.1. The summed E-state index contributed by atoms with van der Waals surface area (Å²) in [6.45, 7) is 2.02. The maximum absolute atomic E-state index is 12.6. The van der Waals surface area contributed by atoms with Gasteiger partial charge in [0.2, 0.25) is 5.01 Å². The van der Waals surface area contributed by atoms with Gasteiger partial charge in [0.25, 0.3) is 0 Å². The van der Waals surface area contributed by atoms with Crippen molar-refractivity contribution in [3.05, 3.63) is 10.0 Å². The molecule has 1 atom stereocenters. The number of ether oxygens (including phenoxy) is 1. The van der Waals surface area contributed by atoms with E-state index in [1.807, 2.05) is 0 Å². The minimum absolute atomic E-state index is 0.204. The van der Waals surface area contributed by atoms with Gasteiger partial charge in [-0.25, -0.2) is 0 Å². The van der Waals surface area contributed by atoms with Crippen LogP contribution in [0.25, 0.3) is 0 Å². The average molecular weight is 335 g/mol. The normalized spacial score (nSPS) is 23.7. The molecule has 2 aliphatic rings. The monoisotopic (exact) mass is 335 g/mol. The molecule has 1 saturated heterocycles. The van der Waals surface area contributed by atoms with Gasteiger partial charge in [0.1, 0.15) is 5.01 Å². The van der Waals surface area contributed by atoms with Crippen LogP contribution in [-0.4, -0.2) is 40.4 Å². The van der Waals surface area contributed by atoms with Gasteiger partial charge in [-0.1, -0.05) is 24.2 Å². The summed E-state index contributed by atoms with van der Waals surface area (Å²) in [6, 6.07) is 0.433. The van der Waals surface area contributed by atoms with Gasteiger partial charge < -0.3 is 4.74 Å². The number of alkyl halides is 3. The Morgan fingerprint density at radius 2 is 1.91 bits per heavy atom. The van der Waals surface area contributed by atoms with Crippen LogP contribution in [0, 0.1) is 0 Å². The predicted molar refractivity (Wildman–Crippen MR) is 76.6 cm³/mol. The molecule has 1 aliphatic heterocycles. The molecule has 1 aromatic heterocycles. The van der Waals surface area contributed by atoms with Gasteiger partial charge in [0.05, 0.1) is 12.6 Å². The second-order valence-electron chi connectivity index (χ2n) is 6.00. The van der Waals surface area contributed by atoms with Crippen molar-refractivity contribution in [1.29, 1.82) is 0 Å². The molecule has 2 heterocycles. The third-order valence-electron chi connectivity index (χ3n) is 4.35. The summed E-state index contributed by atoms with van der Waals surface area (Å²) in [7, 11) is 0. The number of hydrogen-bond acceptors (Lipinski definition) is 5. The molecule has 0 radical (unpaired) electrons. The van der Waals surface area contributed by atoms with E-state index in [2.05, 4.69) is 15.1 Å². The summed E-state index contributed by atoms with van der Waals surface area (Å²) in [4.78, 5) is 2.25. The van der Waals surface area contributed by atoms with Crippen LogP contribution in [0.1, 0.15) is 48.5 Å². The van der Waals surface area contributed by atoms with Gasteiger partial charge in [-0.2, -0.15) is 13.2 Å². The van der Waals surface area contributed by atoms with Crippen molar-refractivity contribution >= 4 is 11.3 Å². The quantitative estimate of drug-likeness (QED) is 0.826. The highest BCUT2D eigenvalue weighted by Crippen LogP contribution is 2.33. The van der Waals surface area contributed by atoms with Crippen LogP contribution < -0.4 is 0 Å². The Kier molecular flexibility index (Phi) is 4.99. The predicted octanol–water partition coefficient (Wildman–Crippen LogP) is 3.48. The maximum atomic E-state index is 12.6. The second kappa shape index (κ2) is 6.80. The Hall–Kier alpha value is -0.730. The van der Waals surface area contributed by atoms with Crippen molar-refractivity contribution in [2.45, 2.75) is 63.4 Å². The minimum atomic E-state index is -4.40. The van der Waals surface area contributed by atoms with Crippen molar-refractivity contribution in [2.24, 2.45) is 0 Å². The molecule has 0 amide bonds. The van der Waals surface area contributed by atoms with Crippen molar-refractivity contribution in [3.63, 3.8) is 0 Å². The number of nitrogens with zero attached hydrogens (tertiary/aromatic N) is 3.